The number of carbonyl (C=O) groups excluding carboxylic acids is 2. The Balaban J connectivity index is 0.000000739. The smallest absolute Gasteiger partial charge is 0.230 e. The molecule has 0 fully saturated rings. The number of fused-ring (bicyclic) bond motifs is 2. The van der Waals surface area contributed by atoms with E-state index in [1.165, 1.54) is 0 Å². The van der Waals surface area contributed by atoms with Crippen molar-refractivity contribution in [3.8, 4) is 0 Å². The summed E-state index contributed by atoms with van der Waals surface area (Å²) in [5, 5.41) is 0. The highest BCUT2D eigenvalue weighted by molar-refractivity contribution is 5.81. The lowest BCUT2D eigenvalue weighted by molar-refractivity contribution is -0.134. The number of nitrogens with zero attached hydrogens (tertiary/aromatic N) is 3. The van der Waals surface area contributed by atoms with Crippen LogP contribution in [0.1, 0.15) is 57.4 Å². The monoisotopic (exact) mass is 471 g/mol. The van der Waals surface area contributed by atoms with Crippen LogP contribution in [-0.4, -0.2) is 59.3 Å². The lowest BCUT2D eigenvalue weighted by Gasteiger charge is -2.38. The summed E-state index contributed by atoms with van der Waals surface area (Å²) in [6.45, 7) is 14.1. The molecule has 6 heteroatoms. The molecule has 34 heavy (non-hydrogen) atoms. The van der Waals surface area contributed by atoms with Gasteiger partial charge in [0.2, 0.25) is 5.91 Å². The third-order valence-electron chi connectivity index (χ3n) is 7.01. The molecule has 3 rings (SSSR count). The molecule has 0 radical (unpaired) electrons. The first kappa shape index (κ1) is 27.8. The van der Waals surface area contributed by atoms with Crippen LogP contribution in [-0.2, 0) is 35.9 Å². The average molecular weight is 472 g/mol. The Morgan fingerprint density at radius 1 is 1.21 bits per heavy atom. The van der Waals surface area contributed by atoms with E-state index in [1.807, 2.05) is 38.8 Å². The molecule has 188 valence electrons. The van der Waals surface area contributed by atoms with Gasteiger partial charge in [0.05, 0.1) is 5.92 Å². The van der Waals surface area contributed by atoms with Gasteiger partial charge in [0, 0.05) is 50.4 Å². The van der Waals surface area contributed by atoms with Gasteiger partial charge in [-0.1, -0.05) is 38.7 Å². The van der Waals surface area contributed by atoms with Gasteiger partial charge in [-0.15, -0.1) is 0 Å². The van der Waals surface area contributed by atoms with Gasteiger partial charge in [-0.05, 0) is 63.3 Å². The minimum atomic E-state index is -0.168. The van der Waals surface area contributed by atoms with Crippen molar-refractivity contribution in [3.05, 3.63) is 58.7 Å². The second-order valence-corrected chi connectivity index (χ2v) is 9.07. The molecule has 1 aliphatic carbocycles. The summed E-state index contributed by atoms with van der Waals surface area (Å²) in [5.74, 6) is -0.113. The second kappa shape index (κ2) is 12.8. The number of hydrogen-bond donors (Lipinski definition) is 0. The predicted molar refractivity (Wildman–Crippen MR) is 137 cm³/mol. The highest BCUT2D eigenvalue weighted by Crippen LogP contribution is 2.38. The number of aromatic nitrogens is 1. The van der Waals surface area contributed by atoms with Crippen LogP contribution in [0.15, 0.2) is 36.0 Å². The van der Waals surface area contributed by atoms with E-state index in [2.05, 4.69) is 31.5 Å². The third kappa shape index (κ3) is 5.77. The van der Waals surface area contributed by atoms with Crippen molar-refractivity contribution in [2.75, 3.05) is 26.7 Å². The van der Waals surface area contributed by atoms with E-state index in [9.17, 15) is 9.59 Å². The summed E-state index contributed by atoms with van der Waals surface area (Å²) < 4.78 is 16.8. The number of carbonyl (C=O) groups is 2. The summed E-state index contributed by atoms with van der Waals surface area (Å²) in [7, 11) is 3.87. The zero-order chi connectivity index (χ0) is 25.4. The second-order valence-electron chi connectivity index (χ2n) is 9.07. The van der Waals surface area contributed by atoms with Gasteiger partial charge in [-0.2, -0.15) is 4.39 Å². The van der Waals surface area contributed by atoms with Crippen molar-refractivity contribution in [3.63, 3.8) is 0 Å². The van der Waals surface area contributed by atoms with Crippen LogP contribution in [0.3, 0.4) is 0 Å². The van der Waals surface area contributed by atoms with E-state index >= 15 is 4.39 Å². The lowest BCUT2D eigenvalue weighted by Crippen LogP contribution is -2.47. The first-order valence-corrected chi connectivity index (χ1v) is 12.6. The maximum atomic E-state index is 15.1. The van der Waals surface area contributed by atoms with Gasteiger partial charge in [-0.25, -0.2) is 0 Å². The molecule has 0 saturated heterocycles. The number of aldehydes is 1. The Kier molecular flexibility index (Phi) is 10.5. The van der Waals surface area contributed by atoms with E-state index in [0.717, 1.165) is 47.1 Å². The van der Waals surface area contributed by atoms with E-state index < -0.39 is 0 Å². The minimum absolute atomic E-state index is 0.0739. The lowest BCUT2D eigenvalue weighted by atomic mass is 9.86. The largest absolute Gasteiger partial charge is 0.343 e. The molecule has 0 unspecified atom stereocenters. The van der Waals surface area contributed by atoms with E-state index in [1.54, 1.807) is 10.6 Å². The molecule has 2 atom stereocenters. The number of rotatable bonds is 7. The van der Waals surface area contributed by atoms with E-state index in [4.69, 9.17) is 0 Å². The molecule has 2 heterocycles. The molecule has 0 aromatic carbocycles. The van der Waals surface area contributed by atoms with Crippen molar-refractivity contribution < 1.29 is 14.0 Å². The van der Waals surface area contributed by atoms with Crippen LogP contribution in [0.2, 0.25) is 0 Å². The van der Waals surface area contributed by atoms with Gasteiger partial charge < -0.3 is 14.3 Å². The number of amides is 1. The Labute approximate surface area is 205 Å². The number of unbranched alkanes of at least 4 members (excludes halogenated alkanes) is 1. The first-order valence-electron chi connectivity index (χ1n) is 12.6. The Bertz CT molecular complexity index is 940. The molecule has 2 aliphatic rings. The Hall–Kier alpha value is -2.47. The molecule has 0 N–H and O–H groups in total. The van der Waals surface area contributed by atoms with Crippen LogP contribution in [0, 0.1) is 11.9 Å². The molecule has 0 saturated carbocycles. The SMILES string of the molecule is C=C/C=C1\Cc2c(c(F)n(C)c2CC)C[C@@H]2C1=C[C@@H](C(=O)N(CC)CC)CN2C.CCCC=O. The van der Waals surface area contributed by atoms with Crippen molar-refractivity contribution >= 4 is 12.2 Å². The van der Waals surface area contributed by atoms with Crippen LogP contribution in [0.25, 0.3) is 0 Å². The molecule has 5 nitrogen and oxygen atoms in total. The fourth-order valence-electron chi connectivity index (χ4n) is 5.15. The topological polar surface area (TPSA) is 45.6 Å². The summed E-state index contributed by atoms with van der Waals surface area (Å²) >= 11 is 0. The van der Waals surface area contributed by atoms with Crippen LogP contribution in [0.5, 0.6) is 0 Å². The van der Waals surface area contributed by atoms with Crippen molar-refractivity contribution in [2.45, 2.75) is 65.8 Å². The molecular formula is C28H42FN3O2. The Morgan fingerprint density at radius 2 is 1.88 bits per heavy atom. The zero-order valence-corrected chi connectivity index (χ0v) is 21.9. The third-order valence-corrected chi connectivity index (χ3v) is 7.01. The minimum Gasteiger partial charge on any atom is -0.343 e. The van der Waals surface area contributed by atoms with E-state index in [0.29, 0.717) is 38.9 Å². The summed E-state index contributed by atoms with van der Waals surface area (Å²) in [5.41, 5.74) is 5.30. The van der Waals surface area contributed by atoms with Gasteiger partial charge in [-0.3, -0.25) is 9.69 Å². The first-order chi connectivity index (χ1) is 16.3. The van der Waals surface area contributed by atoms with Gasteiger partial charge in [0.15, 0.2) is 5.95 Å². The van der Waals surface area contributed by atoms with Gasteiger partial charge in [0.1, 0.15) is 6.29 Å². The van der Waals surface area contributed by atoms with Crippen LogP contribution in [0.4, 0.5) is 4.39 Å². The van der Waals surface area contributed by atoms with Crippen LogP contribution >= 0.6 is 0 Å². The molecule has 1 aromatic rings. The predicted octanol–water partition coefficient (Wildman–Crippen LogP) is 4.65. The average Bonchev–Trinajstić information content (AvgIpc) is 2.95. The van der Waals surface area contributed by atoms with Gasteiger partial charge in [0.25, 0.3) is 0 Å². The van der Waals surface area contributed by atoms with E-state index in [-0.39, 0.29) is 23.8 Å². The summed E-state index contributed by atoms with van der Waals surface area (Å²) in [6.07, 6.45) is 10.7. The fourth-order valence-corrected chi connectivity index (χ4v) is 5.15. The fraction of sp³-hybridized carbons (Fsp3) is 0.571. The van der Waals surface area contributed by atoms with Crippen LogP contribution < -0.4 is 0 Å². The molecule has 0 bridgehead atoms. The quantitative estimate of drug-likeness (QED) is 0.544. The zero-order valence-electron chi connectivity index (χ0n) is 21.9. The molecule has 0 spiro atoms. The highest BCUT2D eigenvalue weighted by atomic mass is 19.1. The van der Waals surface area contributed by atoms with Crippen molar-refractivity contribution in [1.29, 1.82) is 0 Å². The number of halogens is 1. The number of likely N-dealkylation sites (N-methyl/N-ethyl adjacent to an activating group) is 1. The van der Waals surface area contributed by atoms with Crippen molar-refractivity contribution in [2.24, 2.45) is 13.0 Å². The molecular weight excluding hydrogens is 429 g/mol. The Morgan fingerprint density at radius 3 is 2.38 bits per heavy atom. The summed E-state index contributed by atoms with van der Waals surface area (Å²) in [4.78, 5) is 26.6. The number of hydrogen-bond acceptors (Lipinski definition) is 3. The highest BCUT2D eigenvalue weighted by Gasteiger charge is 2.37. The van der Waals surface area contributed by atoms with Gasteiger partial charge >= 0.3 is 0 Å². The maximum absolute atomic E-state index is 15.1. The molecule has 1 aliphatic heterocycles. The number of allylic oxidation sites excluding steroid dienone is 2. The van der Waals surface area contributed by atoms with Crippen molar-refractivity contribution in [1.82, 2.24) is 14.4 Å². The standard InChI is InChI=1S/C24H34FN3O.C4H8O/c1-7-11-16-12-19-20(23(25)27(6)21(19)8-2)14-22-18(16)13-17(15-26(22)5)24(29)28(9-3)10-4;1-2-3-4-5/h7,11,13,17,22H,1,8-10,12,14-15H2,2-6H3;4H,2-3H2,1H3/b16-11+;/t17-,22-;/m1./s1. The maximum Gasteiger partial charge on any atom is 0.230 e. The summed E-state index contributed by atoms with van der Waals surface area (Å²) in [6, 6.07) is 0.0739. The molecule has 1 aromatic heterocycles. The normalized spacial score (nSPS) is 20.9. The molecule has 1 amide bonds.